The predicted octanol–water partition coefficient (Wildman–Crippen LogP) is 5.28. The molecule has 0 radical (unpaired) electrons. The number of benzene rings is 2. The Hall–Kier alpha value is -3.01. The van der Waals surface area contributed by atoms with Crippen LogP contribution in [0.1, 0.15) is 49.3 Å². The Balaban J connectivity index is 1.48. The van der Waals surface area contributed by atoms with E-state index in [1.165, 1.54) is 60.3 Å². The minimum absolute atomic E-state index is 0.828. The predicted molar refractivity (Wildman–Crippen MR) is 120 cm³/mol. The van der Waals surface area contributed by atoms with Gasteiger partial charge in [0.05, 0.1) is 6.08 Å². The SMILES string of the molecule is CC[n+]1c(/C=C2\C=C(C)c3cc4c5c(c3O2)CCCN5CCC4)oc2ccccc21. The summed E-state index contributed by atoms with van der Waals surface area (Å²) in [5, 5.41) is 0. The Morgan fingerprint density at radius 1 is 1.13 bits per heavy atom. The Kier molecular flexibility index (Phi) is 4.02. The van der Waals surface area contributed by atoms with Crippen molar-refractivity contribution in [1.82, 2.24) is 0 Å². The molecule has 0 saturated carbocycles. The number of aryl methyl sites for hydroxylation is 2. The fourth-order valence-electron chi connectivity index (χ4n) is 5.36. The Morgan fingerprint density at radius 2 is 1.97 bits per heavy atom. The van der Waals surface area contributed by atoms with Crippen LogP contribution >= 0.6 is 0 Å². The highest BCUT2D eigenvalue weighted by Crippen LogP contribution is 2.46. The van der Waals surface area contributed by atoms with E-state index in [1.54, 1.807) is 0 Å². The van der Waals surface area contributed by atoms with Crippen LogP contribution in [-0.4, -0.2) is 13.1 Å². The molecule has 30 heavy (non-hydrogen) atoms. The van der Waals surface area contributed by atoms with E-state index in [2.05, 4.69) is 47.6 Å². The zero-order valence-corrected chi connectivity index (χ0v) is 17.7. The first-order valence-corrected chi connectivity index (χ1v) is 11.2. The maximum absolute atomic E-state index is 6.56. The number of hydrogen-bond donors (Lipinski definition) is 0. The minimum Gasteiger partial charge on any atom is -0.456 e. The highest BCUT2D eigenvalue weighted by molar-refractivity contribution is 5.82. The van der Waals surface area contributed by atoms with Crippen LogP contribution in [-0.2, 0) is 19.4 Å². The summed E-state index contributed by atoms with van der Waals surface area (Å²) in [4.78, 5) is 2.57. The number of nitrogens with zero attached hydrogens (tertiary/aromatic N) is 2. The molecule has 0 amide bonds. The largest absolute Gasteiger partial charge is 0.456 e. The van der Waals surface area contributed by atoms with Crippen LogP contribution in [0.4, 0.5) is 5.69 Å². The van der Waals surface area contributed by atoms with Gasteiger partial charge in [-0.25, -0.2) is 0 Å². The number of oxazole rings is 1. The number of para-hydroxylation sites is 2. The van der Waals surface area contributed by atoms with Gasteiger partial charge in [-0.2, -0.15) is 4.57 Å². The molecule has 0 bridgehead atoms. The van der Waals surface area contributed by atoms with E-state index in [0.29, 0.717) is 0 Å². The average molecular weight is 400 g/mol. The van der Waals surface area contributed by atoms with Crippen LogP contribution in [0.5, 0.6) is 5.75 Å². The fraction of sp³-hybridized carbons (Fsp3) is 0.346. The highest BCUT2D eigenvalue weighted by atomic mass is 16.5. The molecule has 3 aliphatic rings. The van der Waals surface area contributed by atoms with E-state index in [-0.39, 0.29) is 0 Å². The first-order valence-electron chi connectivity index (χ1n) is 11.2. The normalized spacial score (nSPS) is 18.8. The van der Waals surface area contributed by atoms with Gasteiger partial charge < -0.3 is 14.1 Å². The third-order valence-electron chi connectivity index (χ3n) is 6.69. The van der Waals surface area contributed by atoms with E-state index in [4.69, 9.17) is 9.15 Å². The quantitative estimate of drug-likeness (QED) is 0.550. The van der Waals surface area contributed by atoms with Crippen LogP contribution in [0, 0.1) is 0 Å². The van der Waals surface area contributed by atoms with Crippen molar-refractivity contribution in [3.8, 4) is 5.75 Å². The lowest BCUT2D eigenvalue weighted by atomic mass is 9.86. The second-order valence-electron chi connectivity index (χ2n) is 8.56. The first kappa shape index (κ1) is 17.8. The molecule has 1 aromatic heterocycles. The fourth-order valence-corrected chi connectivity index (χ4v) is 5.36. The number of fused-ring (bicyclic) bond motifs is 3. The van der Waals surface area contributed by atoms with Crippen molar-refractivity contribution in [2.24, 2.45) is 0 Å². The molecule has 152 valence electrons. The second kappa shape index (κ2) is 6.76. The molecule has 0 N–H and O–H groups in total. The smallest absolute Gasteiger partial charge is 0.377 e. The van der Waals surface area contributed by atoms with E-state index in [0.717, 1.165) is 41.5 Å². The molecule has 0 atom stereocenters. The molecule has 4 heterocycles. The van der Waals surface area contributed by atoms with Crippen LogP contribution < -0.4 is 14.2 Å². The standard InChI is InChI=1S/C26H27N2O2/c1-3-28-22-10-4-5-11-23(22)30-24(28)16-19-14-17(2)21-15-18-8-6-12-27-13-7-9-20(25(18)27)26(21)29-19/h4-5,10-11,14-16H,3,6-9,12-13H2,1-2H3/q+1. The van der Waals surface area contributed by atoms with Gasteiger partial charge in [0.15, 0.2) is 0 Å². The molecule has 0 aliphatic carbocycles. The molecule has 3 aliphatic heterocycles. The van der Waals surface area contributed by atoms with Crippen molar-refractivity contribution in [3.05, 3.63) is 64.7 Å². The number of hydrogen-bond acceptors (Lipinski definition) is 3. The lowest BCUT2D eigenvalue weighted by Gasteiger charge is -2.39. The third kappa shape index (κ3) is 2.63. The topological polar surface area (TPSA) is 29.5 Å². The van der Waals surface area contributed by atoms with Crippen LogP contribution in [0.25, 0.3) is 22.7 Å². The molecule has 2 aromatic carbocycles. The van der Waals surface area contributed by atoms with Gasteiger partial charge in [0.2, 0.25) is 5.58 Å². The van der Waals surface area contributed by atoms with Crippen molar-refractivity contribution >= 4 is 28.4 Å². The molecular weight excluding hydrogens is 372 g/mol. The molecule has 3 aromatic rings. The molecular formula is C26H27N2O2+. The number of ether oxygens (including phenoxy) is 1. The maximum Gasteiger partial charge on any atom is 0.377 e. The lowest BCUT2D eigenvalue weighted by Crippen LogP contribution is -2.35. The molecule has 0 saturated heterocycles. The van der Waals surface area contributed by atoms with Gasteiger partial charge in [-0.05, 0) is 68.9 Å². The molecule has 0 unspecified atom stereocenters. The van der Waals surface area contributed by atoms with Crippen molar-refractivity contribution in [2.75, 3.05) is 18.0 Å². The number of rotatable bonds is 2. The van der Waals surface area contributed by atoms with Crippen LogP contribution in [0.3, 0.4) is 0 Å². The van der Waals surface area contributed by atoms with E-state index >= 15 is 0 Å². The molecule has 4 nitrogen and oxygen atoms in total. The molecule has 0 spiro atoms. The Morgan fingerprint density at radius 3 is 2.83 bits per heavy atom. The van der Waals surface area contributed by atoms with Gasteiger partial charge in [0, 0.05) is 36.0 Å². The molecule has 6 rings (SSSR count). The average Bonchev–Trinajstić information content (AvgIpc) is 3.12. The first-order chi connectivity index (χ1) is 14.7. The highest BCUT2D eigenvalue weighted by Gasteiger charge is 2.31. The van der Waals surface area contributed by atoms with Crippen molar-refractivity contribution in [3.63, 3.8) is 0 Å². The van der Waals surface area contributed by atoms with Gasteiger partial charge in [0.25, 0.3) is 5.52 Å². The van der Waals surface area contributed by atoms with Crippen molar-refractivity contribution in [2.45, 2.75) is 46.1 Å². The Labute approximate surface area is 177 Å². The molecule has 4 heteroatoms. The monoisotopic (exact) mass is 399 g/mol. The summed E-state index contributed by atoms with van der Waals surface area (Å²) in [6.07, 6.45) is 8.93. The minimum atomic E-state index is 0.828. The maximum atomic E-state index is 6.56. The van der Waals surface area contributed by atoms with Gasteiger partial charge in [0.1, 0.15) is 18.1 Å². The number of aromatic nitrogens is 1. The zero-order valence-electron chi connectivity index (χ0n) is 17.7. The van der Waals surface area contributed by atoms with Crippen molar-refractivity contribution < 1.29 is 13.7 Å². The van der Waals surface area contributed by atoms with Gasteiger partial charge in [-0.1, -0.05) is 12.1 Å². The van der Waals surface area contributed by atoms with Gasteiger partial charge in [-0.15, -0.1) is 0 Å². The third-order valence-corrected chi connectivity index (χ3v) is 6.69. The summed E-state index contributed by atoms with van der Waals surface area (Å²) in [6, 6.07) is 10.6. The van der Waals surface area contributed by atoms with E-state index in [1.807, 2.05) is 18.2 Å². The van der Waals surface area contributed by atoms with Gasteiger partial charge >= 0.3 is 5.89 Å². The zero-order chi connectivity index (χ0) is 20.2. The summed E-state index contributed by atoms with van der Waals surface area (Å²) < 4.78 is 14.9. The number of anilines is 1. The van der Waals surface area contributed by atoms with Crippen LogP contribution in [0.15, 0.2) is 46.6 Å². The number of allylic oxidation sites excluding steroid dienone is 2. The van der Waals surface area contributed by atoms with Gasteiger partial charge in [-0.3, -0.25) is 0 Å². The molecule has 0 fully saturated rings. The van der Waals surface area contributed by atoms with Crippen LogP contribution in [0.2, 0.25) is 0 Å². The lowest BCUT2D eigenvalue weighted by molar-refractivity contribution is -0.674. The van der Waals surface area contributed by atoms with E-state index < -0.39 is 0 Å². The van der Waals surface area contributed by atoms with E-state index in [9.17, 15) is 0 Å². The second-order valence-corrected chi connectivity index (χ2v) is 8.56. The summed E-state index contributed by atoms with van der Waals surface area (Å²) >= 11 is 0. The summed E-state index contributed by atoms with van der Waals surface area (Å²) in [5.74, 6) is 2.74. The summed E-state index contributed by atoms with van der Waals surface area (Å²) in [5.41, 5.74) is 8.90. The summed E-state index contributed by atoms with van der Waals surface area (Å²) in [6.45, 7) is 7.54. The Bertz CT molecular complexity index is 1230. The van der Waals surface area contributed by atoms with Crippen molar-refractivity contribution in [1.29, 1.82) is 0 Å². The summed E-state index contributed by atoms with van der Waals surface area (Å²) in [7, 11) is 0.